The molecule has 0 saturated carbocycles. The number of nitrogens with zero attached hydrogens (tertiary/aromatic N) is 2. The lowest BCUT2D eigenvalue weighted by Crippen LogP contribution is -2.29. The summed E-state index contributed by atoms with van der Waals surface area (Å²) in [5, 5.41) is 2.77. The number of nitrogens with two attached hydrogens (primary N) is 1. The van der Waals surface area contributed by atoms with Crippen molar-refractivity contribution in [2.75, 3.05) is 18.9 Å². The lowest BCUT2D eigenvalue weighted by molar-refractivity contribution is -0.106. The third-order valence-electron chi connectivity index (χ3n) is 4.00. The number of anilines is 1. The van der Waals surface area contributed by atoms with Crippen molar-refractivity contribution in [3.63, 3.8) is 0 Å². The van der Waals surface area contributed by atoms with E-state index in [1.165, 1.54) is 0 Å². The van der Waals surface area contributed by atoms with Gasteiger partial charge in [0.2, 0.25) is 0 Å². The molecule has 3 N–H and O–H groups in total. The standard InChI is InChI=1S/C17H19F2N4O5P/c18-12-8-15(23-9-13(19)16(20)22-17(23)25)27-14(12)10-26-29(21-6-7-24)28-11-4-2-1-3-5-11/h1-5,7,9,12,14-15,21H,6,8,10H2,(H2,20,22,25). The quantitative estimate of drug-likeness (QED) is 0.458. The average molecular weight is 428 g/mol. The first-order valence-corrected chi connectivity index (χ1v) is 9.82. The van der Waals surface area contributed by atoms with Crippen LogP contribution in [0.25, 0.3) is 0 Å². The molecule has 2 heterocycles. The normalized spacial score (nSPS) is 22.3. The molecule has 2 aromatic rings. The third kappa shape index (κ3) is 5.54. The number of carbonyl (C=O) groups excluding carboxylic acids is 1. The van der Waals surface area contributed by atoms with Gasteiger partial charge in [0.15, 0.2) is 11.6 Å². The maximum atomic E-state index is 14.4. The number of rotatable bonds is 9. The number of ether oxygens (including phenoxy) is 1. The van der Waals surface area contributed by atoms with Crippen molar-refractivity contribution in [2.24, 2.45) is 0 Å². The topological polar surface area (TPSA) is 118 Å². The van der Waals surface area contributed by atoms with Gasteiger partial charge in [-0.25, -0.2) is 18.7 Å². The number of nitrogen functional groups attached to an aromatic ring is 1. The zero-order valence-corrected chi connectivity index (χ0v) is 16.0. The predicted molar refractivity (Wildman–Crippen MR) is 100 cm³/mol. The Morgan fingerprint density at radius 1 is 1.41 bits per heavy atom. The van der Waals surface area contributed by atoms with Crippen LogP contribution >= 0.6 is 8.53 Å². The first kappa shape index (κ1) is 21.3. The van der Waals surface area contributed by atoms with Crippen LogP contribution in [-0.4, -0.2) is 41.3 Å². The van der Waals surface area contributed by atoms with Gasteiger partial charge in [-0.15, -0.1) is 0 Å². The van der Waals surface area contributed by atoms with Crippen molar-refractivity contribution in [1.29, 1.82) is 0 Å². The first-order valence-electron chi connectivity index (χ1n) is 8.65. The lowest BCUT2D eigenvalue weighted by atomic mass is 10.2. The lowest BCUT2D eigenvalue weighted by Gasteiger charge is -2.20. The highest BCUT2D eigenvalue weighted by Gasteiger charge is 2.38. The number of carbonyl (C=O) groups is 1. The van der Waals surface area contributed by atoms with E-state index in [0.717, 1.165) is 10.8 Å². The van der Waals surface area contributed by atoms with Crippen molar-refractivity contribution in [3.8, 4) is 5.75 Å². The second-order valence-electron chi connectivity index (χ2n) is 6.03. The second-order valence-corrected chi connectivity index (χ2v) is 7.30. The summed E-state index contributed by atoms with van der Waals surface area (Å²) >= 11 is 0. The molecule has 1 aliphatic rings. The van der Waals surface area contributed by atoms with Crippen LogP contribution in [-0.2, 0) is 14.1 Å². The number of benzene rings is 1. The molecule has 4 unspecified atom stereocenters. The number of alkyl halides is 1. The molecule has 1 aliphatic heterocycles. The van der Waals surface area contributed by atoms with E-state index in [1.807, 2.05) is 6.07 Å². The van der Waals surface area contributed by atoms with E-state index < -0.39 is 44.4 Å². The molecule has 0 bridgehead atoms. The Balaban J connectivity index is 1.62. The number of nitrogens with one attached hydrogen (secondary N) is 1. The van der Waals surface area contributed by atoms with Crippen molar-refractivity contribution in [3.05, 3.63) is 52.8 Å². The summed E-state index contributed by atoms with van der Waals surface area (Å²) in [5.41, 5.74) is 4.41. The summed E-state index contributed by atoms with van der Waals surface area (Å²) in [7, 11) is -1.75. The van der Waals surface area contributed by atoms with Crippen LogP contribution in [0.15, 0.2) is 41.3 Å². The summed E-state index contributed by atoms with van der Waals surface area (Å²) < 4.78 is 45.6. The molecule has 1 fully saturated rings. The molecule has 0 amide bonds. The molecular weight excluding hydrogens is 409 g/mol. The van der Waals surface area contributed by atoms with Crippen molar-refractivity contribution >= 4 is 20.6 Å². The highest BCUT2D eigenvalue weighted by molar-refractivity contribution is 7.45. The summed E-state index contributed by atoms with van der Waals surface area (Å²) in [6.45, 7) is -0.223. The van der Waals surface area contributed by atoms with Crippen molar-refractivity contribution in [1.82, 2.24) is 14.6 Å². The molecule has 0 radical (unpaired) electrons. The Kier molecular flexibility index (Phi) is 7.21. The number of para-hydroxylation sites is 1. The Hall–Kier alpha value is -2.46. The van der Waals surface area contributed by atoms with Crippen LogP contribution in [0.5, 0.6) is 5.75 Å². The minimum Gasteiger partial charge on any atom is -0.436 e. The Morgan fingerprint density at radius 2 is 2.17 bits per heavy atom. The number of aromatic nitrogens is 2. The molecule has 0 spiro atoms. The molecule has 4 atom stereocenters. The van der Waals surface area contributed by atoms with Gasteiger partial charge in [0.1, 0.15) is 30.5 Å². The predicted octanol–water partition coefficient (Wildman–Crippen LogP) is 1.70. The zero-order chi connectivity index (χ0) is 20.8. The van der Waals surface area contributed by atoms with Crippen LogP contribution in [0, 0.1) is 5.82 Å². The van der Waals surface area contributed by atoms with Crippen LogP contribution in [0.3, 0.4) is 0 Å². The number of hydrogen-bond donors (Lipinski definition) is 2. The van der Waals surface area contributed by atoms with Gasteiger partial charge in [0.05, 0.1) is 19.3 Å². The molecule has 9 nitrogen and oxygen atoms in total. The molecule has 156 valence electrons. The summed E-state index contributed by atoms with van der Waals surface area (Å²) in [6.07, 6.45) is -2.23. The van der Waals surface area contributed by atoms with Crippen molar-refractivity contribution < 1.29 is 27.4 Å². The van der Waals surface area contributed by atoms with E-state index in [2.05, 4.69) is 10.1 Å². The first-order chi connectivity index (χ1) is 14.0. The van der Waals surface area contributed by atoms with Gasteiger partial charge in [0, 0.05) is 6.42 Å². The van der Waals surface area contributed by atoms with E-state index in [-0.39, 0.29) is 19.6 Å². The monoisotopic (exact) mass is 428 g/mol. The molecule has 12 heteroatoms. The maximum absolute atomic E-state index is 14.4. The van der Waals surface area contributed by atoms with E-state index >= 15 is 0 Å². The van der Waals surface area contributed by atoms with Gasteiger partial charge in [-0.1, -0.05) is 18.2 Å². The maximum Gasteiger partial charge on any atom is 0.351 e. The van der Waals surface area contributed by atoms with E-state index in [9.17, 15) is 18.4 Å². The van der Waals surface area contributed by atoms with Gasteiger partial charge in [0.25, 0.3) is 0 Å². The zero-order valence-electron chi connectivity index (χ0n) is 15.1. The fourth-order valence-corrected chi connectivity index (χ4v) is 3.64. The van der Waals surface area contributed by atoms with Crippen LogP contribution in [0.1, 0.15) is 12.6 Å². The fraction of sp³-hybridized carbons (Fsp3) is 0.353. The minimum absolute atomic E-state index is 0.0164. The second kappa shape index (κ2) is 9.84. The summed E-state index contributed by atoms with van der Waals surface area (Å²) in [6, 6.07) is 8.75. The Labute approximate surface area is 165 Å². The molecule has 3 rings (SSSR count). The number of aldehydes is 1. The van der Waals surface area contributed by atoms with E-state index in [0.29, 0.717) is 12.0 Å². The molecule has 1 saturated heterocycles. The largest absolute Gasteiger partial charge is 0.436 e. The highest BCUT2D eigenvalue weighted by atomic mass is 31.2. The van der Waals surface area contributed by atoms with Gasteiger partial charge < -0.3 is 24.3 Å². The molecule has 1 aromatic carbocycles. The Morgan fingerprint density at radius 3 is 2.90 bits per heavy atom. The van der Waals surface area contributed by atoms with E-state index in [1.54, 1.807) is 24.3 Å². The SMILES string of the molecule is Nc1nc(=O)n(C2CC(F)C(COP(NCC=O)Oc3ccccc3)O2)cc1F. The third-order valence-corrected chi connectivity index (χ3v) is 5.20. The number of halogens is 2. The van der Waals surface area contributed by atoms with Crippen LogP contribution in [0.2, 0.25) is 0 Å². The molecule has 1 aromatic heterocycles. The summed E-state index contributed by atoms with van der Waals surface area (Å²) in [4.78, 5) is 25.9. The smallest absolute Gasteiger partial charge is 0.351 e. The van der Waals surface area contributed by atoms with Crippen molar-refractivity contribution in [2.45, 2.75) is 24.9 Å². The molecule has 29 heavy (non-hydrogen) atoms. The molecular formula is C17H19F2N4O5P. The minimum atomic E-state index is -1.75. The fourth-order valence-electron chi connectivity index (χ4n) is 2.61. The van der Waals surface area contributed by atoms with Crippen LogP contribution in [0.4, 0.5) is 14.6 Å². The van der Waals surface area contributed by atoms with Gasteiger partial charge in [-0.05, 0) is 12.1 Å². The highest BCUT2D eigenvalue weighted by Crippen LogP contribution is 2.37. The van der Waals surface area contributed by atoms with Gasteiger partial charge >= 0.3 is 14.2 Å². The molecule has 0 aliphatic carbocycles. The Bertz CT molecular complexity index is 888. The van der Waals surface area contributed by atoms with Crippen LogP contribution < -0.4 is 21.0 Å². The summed E-state index contributed by atoms with van der Waals surface area (Å²) in [5.74, 6) is -0.930. The average Bonchev–Trinajstić information content (AvgIpc) is 3.08. The van der Waals surface area contributed by atoms with E-state index in [4.69, 9.17) is 19.5 Å². The van der Waals surface area contributed by atoms with Gasteiger partial charge in [-0.3, -0.25) is 4.57 Å². The number of hydrogen-bond acceptors (Lipinski definition) is 8. The van der Waals surface area contributed by atoms with Gasteiger partial charge in [-0.2, -0.15) is 4.98 Å².